The molecule has 2 aliphatic rings. The Morgan fingerprint density at radius 2 is 2.36 bits per heavy atom. The van der Waals surface area contributed by atoms with Gasteiger partial charge in [-0.3, -0.25) is 0 Å². The molecular weight excluding hydrogens is 144 g/mol. The third-order valence-corrected chi connectivity index (χ3v) is 2.64. The number of nitrogens with zero attached hydrogens (tertiary/aromatic N) is 1. The van der Waals surface area contributed by atoms with Gasteiger partial charge in [-0.05, 0) is 12.8 Å². The lowest BCUT2D eigenvalue weighted by Gasteiger charge is -2.47. The van der Waals surface area contributed by atoms with Crippen molar-refractivity contribution in [2.75, 3.05) is 13.1 Å². The SMILES string of the molecule is O=C(O)N1CCNC2CCC21. The summed E-state index contributed by atoms with van der Waals surface area (Å²) in [6, 6.07) is 0.709. The van der Waals surface area contributed by atoms with Gasteiger partial charge in [0.05, 0.1) is 6.04 Å². The second kappa shape index (κ2) is 2.37. The summed E-state index contributed by atoms with van der Waals surface area (Å²) in [6.45, 7) is 1.46. The molecule has 0 radical (unpaired) electrons. The standard InChI is InChI=1S/C7H12N2O2/c10-7(11)9-4-3-8-5-1-2-6(5)9/h5-6,8H,1-4H2,(H,10,11). The van der Waals surface area contributed by atoms with Crippen LogP contribution in [0.5, 0.6) is 0 Å². The minimum atomic E-state index is -0.763. The fourth-order valence-corrected chi connectivity index (χ4v) is 1.87. The monoisotopic (exact) mass is 156 g/mol. The van der Waals surface area contributed by atoms with Crippen molar-refractivity contribution in [3.63, 3.8) is 0 Å². The Labute approximate surface area is 65.2 Å². The van der Waals surface area contributed by atoms with Crippen molar-refractivity contribution >= 4 is 6.09 Å². The zero-order valence-electron chi connectivity index (χ0n) is 6.29. The summed E-state index contributed by atoms with van der Waals surface area (Å²) < 4.78 is 0. The minimum absolute atomic E-state index is 0.265. The van der Waals surface area contributed by atoms with Gasteiger partial charge in [-0.15, -0.1) is 0 Å². The van der Waals surface area contributed by atoms with Gasteiger partial charge in [-0.25, -0.2) is 4.79 Å². The molecule has 4 nitrogen and oxygen atoms in total. The van der Waals surface area contributed by atoms with Crippen LogP contribution in [0.3, 0.4) is 0 Å². The molecule has 62 valence electrons. The van der Waals surface area contributed by atoms with Crippen LogP contribution in [0.25, 0.3) is 0 Å². The van der Waals surface area contributed by atoms with Gasteiger partial charge < -0.3 is 15.3 Å². The number of fused-ring (bicyclic) bond motifs is 1. The highest BCUT2D eigenvalue weighted by Crippen LogP contribution is 2.27. The van der Waals surface area contributed by atoms with Gasteiger partial charge in [0.15, 0.2) is 0 Å². The second-order valence-electron chi connectivity index (χ2n) is 3.18. The molecule has 0 aromatic rings. The van der Waals surface area contributed by atoms with E-state index in [4.69, 9.17) is 5.11 Å². The highest BCUT2D eigenvalue weighted by Gasteiger charge is 2.40. The number of carboxylic acid groups (broad SMARTS) is 1. The van der Waals surface area contributed by atoms with Gasteiger partial charge in [0.1, 0.15) is 0 Å². The Bertz CT molecular complexity index is 183. The van der Waals surface area contributed by atoms with Crippen molar-refractivity contribution in [2.45, 2.75) is 24.9 Å². The number of carbonyl (C=O) groups is 1. The summed E-state index contributed by atoms with van der Waals surface area (Å²) in [5, 5.41) is 12.1. The summed E-state index contributed by atoms with van der Waals surface area (Å²) in [4.78, 5) is 12.2. The molecule has 0 aromatic carbocycles. The number of rotatable bonds is 0. The average Bonchev–Trinajstić information content (AvgIpc) is 1.90. The summed E-state index contributed by atoms with van der Waals surface area (Å²) in [7, 11) is 0. The Morgan fingerprint density at radius 3 is 2.82 bits per heavy atom. The number of amides is 1. The molecule has 0 aromatic heterocycles. The molecule has 11 heavy (non-hydrogen) atoms. The van der Waals surface area contributed by atoms with E-state index >= 15 is 0 Å². The topological polar surface area (TPSA) is 52.6 Å². The molecule has 1 heterocycles. The second-order valence-corrected chi connectivity index (χ2v) is 3.18. The summed E-state index contributed by atoms with van der Waals surface area (Å²) >= 11 is 0. The van der Waals surface area contributed by atoms with E-state index in [0.29, 0.717) is 12.6 Å². The quantitative estimate of drug-likeness (QED) is 0.523. The molecule has 1 saturated heterocycles. The van der Waals surface area contributed by atoms with Crippen molar-refractivity contribution in [1.29, 1.82) is 0 Å². The fraction of sp³-hybridized carbons (Fsp3) is 0.857. The summed E-state index contributed by atoms with van der Waals surface area (Å²) in [5.74, 6) is 0. The summed E-state index contributed by atoms with van der Waals surface area (Å²) in [6.07, 6.45) is 1.40. The maximum Gasteiger partial charge on any atom is 0.407 e. The first-order valence-electron chi connectivity index (χ1n) is 4.02. The third kappa shape index (κ3) is 0.976. The van der Waals surface area contributed by atoms with Gasteiger partial charge in [0.25, 0.3) is 0 Å². The van der Waals surface area contributed by atoms with Crippen LogP contribution >= 0.6 is 0 Å². The van der Waals surface area contributed by atoms with Crippen molar-refractivity contribution in [2.24, 2.45) is 0 Å². The van der Waals surface area contributed by atoms with E-state index in [2.05, 4.69) is 5.32 Å². The Balaban J connectivity index is 2.03. The molecule has 2 fully saturated rings. The number of nitrogens with one attached hydrogen (secondary N) is 1. The van der Waals surface area contributed by atoms with Crippen LogP contribution in [-0.4, -0.2) is 41.3 Å². The molecule has 0 spiro atoms. The smallest absolute Gasteiger partial charge is 0.407 e. The maximum absolute atomic E-state index is 10.6. The number of hydrogen-bond donors (Lipinski definition) is 2. The van der Waals surface area contributed by atoms with Gasteiger partial charge in [-0.1, -0.05) is 0 Å². The van der Waals surface area contributed by atoms with Crippen molar-refractivity contribution in [3.8, 4) is 0 Å². The van der Waals surface area contributed by atoms with Crippen LogP contribution in [0.15, 0.2) is 0 Å². The van der Waals surface area contributed by atoms with Crippen molar-refractivity contribution in [1.82, 2.24) is 10.2 Å². The molecule has 1 aliphatic carbocycles. The van der Waals surface area contributed by atoms with Crippen LogP contribution in [0, 0.1) is 0 Å². The van der Waals surface area contributed by atoms with E-state index in [-0.39, 0.29) is 6.04 Å². The van der Waals surface area contributed by atoms with E-state index in [9.17, 15) is 4.79 Å². The first-order valence-corrected chi connectivity index (χ1v) is 4.02. The predicted molar refractivity (Wildman–Crippen MR) is 39.5 cm³/mol. The van der Waals surface area contributed by atoms with E-state index in [1.807, 2.05) is 0 Å². The van der Waals surface area contributed by atoms with Crippen LogP contribution in [0.1, 0.15) is 12.8 Å². The number of piperazine rings is 1. The highest BCUT2D eigenvalue weighted by atomic mass is 16.4. The maximum atomic E-state index is 10.6. The Hall–Kier alpha value is -0.770. The molecule has 0 bridgehead atoms. The lowest BCUT2D eigenvalue weighted by Crippen LogP contribution is -2.64. The fourth-order valence-electron chi connectivity index (χ4n) is 1.87. The first kappa shape index (κ1) is 6.91. The molecule has 2 N–H and O–H groups in total. The van der Waals surface area contributed by atoms with E-state index in [1.54, 1.807) is 4.90 Å². The molecular formula is C7H12N2O2. The summed E-state index contributed by atoms with van der Waals surface area (Å²) in [5.41, 5.74) is 0. The van der Waals surface area contributed by atoms with Crippen LogP contribution in [0.4, 0.5) is 4.79 Å². The van der Waals surface area contributed by atoms with Gasteiger partial charge >= 0.3 is 6.09 Å². The molecule has 1 aliphatic heterocycles. The largest absolute Gasteiger partial charge is 0.465 e. The molecule has 1 saturated carbocycles. The normalized spacial score (nSPS) is 35.8. The number of hydrogen-bond acceptors (Lipinski definition) is 2. The Morgan fingerprint density at radius 1 is 1.55 bits per heavy atom. The Kier molecular flexibility index (Phi) is 1.49. The van der Waals surface area contributed by atoms with Crippen LogP contribution in [-0.2, 0) is 0 Å². The highest BCUT2D eigenvalue weighted by molar-refractivity contribution is 5.66. The molecule has 2 rings (SSSR count). The van der Waals surface area contributed by atoms with Gasteiger partial charge in [0, 0.05) is 19.1 Å². The van der Waals surface area contributed by atoms with Crippen molar-refractivity contribution in [3.05, 3.63) is 0 Å². The van der Waals surface area contributed by atoms with Crippen molar-refractivity contribution < 1.29 is 9.90 Å². The van der Waals surface area contributed by atoms with Gasteiger partial charge in [0.2, 0.25) is 0 Å². The van der Waals surface area contributed by atoms with E-state index < -0.39 is 6.09 Å². The first-order chi connectivity index (χ1) is 5.29. The van der Waals surface area contributed by atoms with Crippen LogP contribution < -0.4 is 5.32 Å². The lowest BCUT2D eigenvalue weighted by atomic mass is 9.83. The van der Waals surface area contributed by atoms with Gasteiger partial charge in [-0.2, -0.15) is 0 Å². The zero-order chi connectivity index (χ0) is 7.84. The van der Waals surface area contributed by atoms with E-state index in [0.717, 1.165) is 19.4 Å². The third-order valence-electron chi connectivity index (χ3n) is 2.64. The lowest BCUT2D eigenvalue weighted by molar-refractivity contribution is 0.0511. The molecule has 2 atom stereocenters. The zero-order valence-corrected chi connectivity index (χ0v) is 6.29. The minimum Gasteiger partial charge on any atom is -0.465 e. The van der Waals surface area contributed by atoms with E-state index in [1.165, 1.54) is 0 Å². The average molecular weight is 156 g/mol. The van der Waals surface area contributed by atoms with Crippen LogP contribution in [0.2, 0.25) is 0 Å². The molecule has 2 unspecified atom stereocenters. The molecule has 4 heteroatoms. The predicted octanol–water partition coefficient (Wildman–Crippen LogP) is 0.101. The molecule has 1 amide bonds.